The molecule has 0 aliphatic heterocycles. The van der Waals surface area contributed by atoms with Crippen molar-refractivity contribution in [3.8, 4) is 5.75 Å². The molecule has 0 radical (unpaired) electrons. The van der Waals surface area contributed by atoms with Crippen LogP contribution in [-0.4, -0.2) is 37.1 Å². The van der Waals surface area contributed by atoms with Crippen LogP contribution in [0.4, 0.5) is 0 Å². The second-order valence-corrected chi connectivity index (χ2v) is 5.77. The summed E-state index contributed by atoms with van der Waals surface area (Å²) < 4.78 is 8.61. The quantitative estimate of drug-likeness (QED) is 0.656. The molecule has 25 heavy (non-hydrogen) atoms. The predicted molar refractivity (Wildman–Crippen MR) is 94.6 cm³/mol. The van der Waals surface area contributed by atoms with E-state index in [4.69, 9.17) is 4.74 Å². The molecule has 0 amide bonds. The van der Waals surface area contributed by atoms with Crippen molar-refractivity contribution >= 4 is 11.0 Å². The lowest BCUT2D eigenvalue weighted by atomic mass is 10.1. The molecule has 7 heteroatoms. The number of ether oxygens (including phenoxy) is 1. The number of aliphatic hydroxyl groups excluding tert-OH is 1. The summed E-state index contributed by atoms with van der Waals surface area (Å²) in [5.74, 6) is 0.703. The second-order valence-electron chi connectivity index (χ2n) is 5.77. The van der Waals surface area contributed by atoms with Crippen LogP contribution >= 0.6 is 0 Å². The van der Waals surface area contributed by atoms with E-state index in [-0.39, 0.29) is 18.7 Å². The van der Waals surface area contributed by atoms with Gasteiger partial charge in [0.25, 0.3) is 5.56 Å². The Morgan fingerprint density at radius 1 is 1.40 bits per heavy atom. The van der Waals surface area contributed by atoms with Crippen LogP contribution in [0.5, 0.6) is 5.75 Å². The van der Waals surface area contributed by atoms with E-state index in [1.807, 2.05) is 24.3 Å². The van der Waals surface area contributed by atoms with E-state index < -0.39 is 6.10 Å². The van der Waals surface area contributed by atoms with E-state index in [0.29, 0.717) is 23.2 Å². The van der Waals surface area contributed by atoms with Gasteiger partial charge in [-0.05, 0) is 18.1 Å². The van der Waals surface area contributed by atoms with Crippen LogP contribution in [-0.2, 0) is 20.0 Å². The maximum absolute atomic E-state index is 12.4. The number of nitrogens with zero attached hydrogens (tertiary/aromatic N) is 4. The molecule has 1 atom stereocenters. The molecule has 0 saturated carbocycles. The van der Waals surface area contributed by atoms with Crippen LogP contribution in [0.3, 0.4) is 0 Å². The number of para-hydroxylation sites is 1. The molecule has 130 valence electrons. The van der Waals surface area contributed by atoms with Crippen molar-refractivity contribution in [1.82, 2.24) is 19.3 Å². The number of benzene rings is 1. The normalized spacial score (nSPS) is 12.2. The molecule has 2 aromatic heterocycles. The minimum atomic E-state index is -0.842. The molecule has 3 aromatic rings. The zero-order valence-corrected chi connectivity index (χ0v) is 14.0. The lowest BCUT2D eigenvalue weighted by Crippen LogP contribution is -2.30. The van der Waals surface area contributed by atoms with Crippen molar-refractivity contribution < 1.29 is 9.84 Å². The number of aryl methyl sites for hydroxylation is 1. The van der Waals surface area contributed by atoms with Gasteiger partial charge in [0.1, 0.15) is 30.2 Å². The van der Waals surface area contributed by atoms with Gasteiger partial charge in [-0.2, -0.15) is 5.10 Å². The van der Waals surface area contributed by atoms with Crippen molar-refractivity contribution in [1.29, 1.82) is 0 Å². The molecule has 0 fully saturated rings. The van der Waals surface area contributed by atoms with E-state index in [2.05, 4.69) is 16.7 Å². The van der Waals surface area contributed by atoms with Gasteiger partial charge in [0.05, 0.1) is 12.7 Å². The average molecular weight is 340 g/mol. The largest absolute Gasteiger partial charge is 0.491 e. The maximum atomic E-state index is 12.4. The SMILES string of the molecule is C=CCc1ccccc1OCC(O)Cn1cnc2c(cnn2C)c1=O. The first-order valence-corrected chi connectivity index (χ1v) is 7.97. The minimum absolute atomic E-state index is 0.0751. The third-order valence-electron chi connectivity index (χ3n) is 3.89. The topological polar surface area (TPSA) is 82.2 Å². The molecular weight excluding hydrogens is 320 g/mol. The Morgan fingerprint density at radius 3 is 3.00 bits per heavy atom. The lowest BCUT2D eigenvalue weighted by molar-refractivity contribution is 0.0911. The van der Waals surface area contributed by atoms with E-state index >= 15 is 0 Å². The molecule has 0 saturated heterocycles. The highest BCUT2D eigenvalue weighted by Gasteiger charge is 2.13. The molecule has 3 rings (SSSR count). The molecule has 7 nitrogen and oxygen atoms in total. The van der Waals surface area contributed by atoms with Crippen LogP contribution < -0.4 is 10.3 Å². The summed E-state index contributed by atoms with van der Waals surface area (Å²) in [6.07, 6.45) is 4.54. The van der Waals surface area contributed by atoms with Gasteiger partial charge in [-0.25, -0.2) is 4.98 Å². The van der Waals surface area contributed by atoms with Gasteiger partial charge in [-0.1, -0.05) is 24.3 Å². The third-order valence-corrected chi connectivity index (χ3v) is 3.89. The molecule has 0 aliphatic carbocycles. The molecule has 0 spiro atoms. The van der Waals surface area contributed by atoms with Gasteiger partial charge in [0.15, 0.2) is 5.65 Å². The Labute approximate surface area is 144 Å². The van der Waals surface area contributed by atoms with E-state index in [1.165, 1.54) is 21.8 Å². The smallest absolute Gasteiger partial charge is 0.264 e. The van der Waals surface area contributed by atoms with E-state index in [1.54, 1.807) is 13.1 Å². The second kappa shape index (κ2) is 7.31. The van der Waals surface area contributed by atoms with Crippen molar-refractivity contribution in [2.45, 2.75) is 19.1 Å². The van der Waals surface area contributed by atoms with Crippen LogP contribution in [0.2, 0.25) is 0 Å². The zero-order chi connectivity index (χ0) is 17.8. The van der Waals surface area contributed by atoms with Gasteiger partial charge in [-0.15, -0.1) is 6.58 Å². The van der Waals surface area contributed by atoms with Crippen LogP contribution in [0.1, 0.15) is 5.56 Å². The highest BCUT2D eigenvalue weighted by Crippen LogP contribution is 2.19. The number of hydrogen-bond donors (Lipinski definition) is 1. The standard InChI is InChI=1S/C18H20N4O3/c1-3-6-13-7-4-5-8-16(13)25-11-14(23)10-22-12-19-17-15(18(22)24)9-20-21(17)2/h3-5,7-9,12,14,23H,1,6,10-11H2,2H3. The minimum Gasteiger partial charge on any atom is -0.491 e. The van der Waals surface area contributed by atoms with Crippen molar-refractivity contribution in [2.24, 2.45) is 7.05 Å². The van der Waals surface area contributed by atoms with E-state index in [9.17, 15) is 9.90 Å². The molecule has 1 N–H and O–H groups in total. The third kappa shape index (κ3) is 3.61. The van der Waals surface area contributed by atoms with Gasteiger partial charge < -0.3 is 9.84 Å². The fraction of sp³-hybridized carbons (Fsp3) is 0.278. The fourth-order valence-corrected chi connectivity index (χ4v) is 2.63. The summed E-state index contributed by atoms with van der Waals surface area (Å²) in [4.78, 5) is 16.6. The number of fused-ring (bicyclic) bond motifs is 1. The monoisotopic (exact) mass is 340 g/mol. The van der Waals surface area contributed by atoms with Gasteiger partial charge >= 0.3 is 0 Å². The molecule has 1 aromatic carbocycles. The van der Waals surface area contributed by atoms with Crippen molar-refractivity contribution in [2.75, 3.05) is 6.61 Å². The Balaban J connectivity index is 1.69. The first-order valence-electron chi connectivity index (χ1n) is 7.97. The number of aromatic nitrogens is 4. The van der Waals surface area contributed by atoms with Crippen LogP contribution in [0, 0.1) is 0 Å². The molecule has 2 heterocycles. The highest BCUT2D eigenvalue weighted by molar-refractivity contribution is 5.72. The molecule has 0 aliphatic rings. The highest BCUT2D eigenvalue weighted by atomic mass is 16.5. The number of aliphatic hydroxyl groups is 1. The Hall–Kier alpha value is -2.93. The molecule has 0 bridgehead atoms. The number of allylic oxidation sites excluding steroid dienone is 1. The predicted octanol–water partition coefficient (Wildman–Crippen LogP) is 1.30. The van der Waals surface area contributed by atoms with Crippen molar-refractivity contribution in [3.05, 3.63) is 65.4 Å². The first-order chi connectivity index (χ1) is 12.1. The summed E-state index contributed by atoms with van der Waals surface area (Å²) in [6, 6.07) is 7.60. The number of hydrogen-bond acceptors (Lipinski definition) is 5. The lowest BCUT2D eigenvalue weighted by Gasteiger charge is -2.15. The first kappa shape index (κ1) is 16.9. The van der Waals surface area contributed by atoms with Gasteiger partial charge in [0.2, 0.25) is 0 Å². The van der Waals surface area contributed by atoms with Gasteiger partial charge in [0, 0.05) is 7.05 Å². The Kier molecular flexibility index (Phi) is 4.95. The summed E-state index contributed by atoms with van der Waals surface area (Å²) in [6.45, 7) is 3.90. The average Bonchev–Trinajstić information content (AvgIpc) is 2.99. The summed E-state index contributed by atoms with van der Waals surface area (Å²) >= 11 is 0. The number of rotatable bonds is 7. The zero-order valence-electron chi connectivity index (χ0n) is 14.0. The maximum Gasteiger partial charge on any atom is 0.264 e. The molecule has 1 unspecified atom stereocenters. The Bertz CT molecular complexity index is 945. The fourth-order valence-electron chi connectivity index (χ4n) is 2.63. The Morgan fingerprint density at radius 2 is 2.20 bits per heavy atom. The summed E-state index contributed by atoms with van der Waals surface area (Å²) in [5.41, 5.74) is 1.29. The molecular formula is C18H20N4O3. The summed E-state index contributed by atoms with van der Waals surface area (Å²) in [7, 11) is 1.72. The van der Waals surface area contributed by atoms with Crippen molar-refractivity contribution in [3.63, 3.8) is 0 Å². The summed E-state index contributed by atoms with van der Waals surface area (Å²) in [5, 5.41) is 14.7. The van der Waals surface area contributed by atoms with Crippen LogP contribution in [0.15, 0.2) is 54.2 Å². The van der Waals surface area contributed by atoms with E-state index in [0.717, 1.165) is 5.56 Å². The van der Waals surface area contributed by atoms with Gasteiger partial charge in [-0.3, -0.25) is 14.0 Å². The van der Waals surface area contributed by atoms with Crippen LogP contribution in [0.25, 0.3) is 11.0 Å².